The van der Waals surface area contributed by atoms with E-state index in [1.165, 1.54) is 12.1 Å². The molecule has 2 N–H and O–H groups in total. The zero-order chi connectivity index (χ0) is 10.6. The van der Waals surface area contributed by atoms with E-state index in [9.17, 15) is 4.39 Å². The Morgan fingerprint density at radius 2 is 2.00 bits per heavy atom. The Morgan fingerprint density at radius 3 is 2.50 bits per heavy atom. The Hall–Kier alpha value is -0.600. The van der Waals surface area contributed by atoms with Gasteiger partial charge >= 0.3 is 0 Å². The maximum absolute atomic E-state index is 13.0. The second-order valence-corrected chi connectivity index (χ2v) is 5.06. The molecule has 0 amide bonds. The van der Waals surface area contributed by atoms with Gasteiger partial charge in [0, 0.05) is 10.6 Å². The largest absolute Gasteiger partial charge is 0.321 e. The second kappa shape index (κ2) is 2.71. The first-order valence-corrected chi connectivity index (χ1v) is 4.99. The van der Waals surface area contributed by atoms with E-state index in [-0.39, 0.29) is 11.2 Å². The van der Waals surface area contributed by atoms with Gasteiger partial charge in [0.1, 0.15) is 5.82 Å². The number of hydrogen-bond donors (Lipinski definition) is 1. The molecule has 3 heteroatoms. The molecule has 0 saturated heterocycles. The molecule has 1 fully saturated rings. The summed E-state index contributed by atoms with van der Waals surface area (Å²) in [5, 5.41) is 0.555. The van der Waals surface area contributed by atoms with Crippen LogP contribution in [0.3, 0.4) is 0 Å². The molecule has 0 spiro atoms. The lowest BCUT2D eigenvalue weighted by Gasteiger charge is -2.16. The predicted molar refractivity (Wildman–Crippen MR) is 55.7 cm³/mol. The van der Waals surface area contributed by atoms with Crippen molar-refractivity contribution in [2.45, 2.75) is 25.8 Å². The van der Waals surface area contributed by atoms with Crippen molar-refractivity contribution in [2.24, 2.45) is 11.1 Å². The van der Waals surface area contributed by atoms with Crippen LogP contribution in [0.2, 0.25) is 5.02 Å². The van der Waals surface area contributed by atoms with Crippen LogP contribution in [0.4, 0.5) is 4.39 Å². The van der Waals surface area contributed by atoms with Crippen molar-refractivity contribution < 1.29 is 4.39 Å². The fourth-order valence-electron chi connectivity index (χ4n) is 1.95. The molecule has 0 aromatic heterocycles. The molecule has 2 rings (SSSR count). The minimum atomic E-state index is -0.452. The summed E-state index contributed by atoms with van der Waals surface area (Å²) in [5.74, 6) is -0.281. The smallest absolute Gasteiger partial charge is 0.123 e. The zero-order valence-electron chi connectivity index (χ0n) is 8.27. The Balaban J connectivity index is 2.48. The monoisotopic (exact) mass is 213 g/mol. The van der Waals surface area contributed by atoms with Gasteiger partial charge in [-0.3, -0.25) is 0 Å². The van der Waals surface area contributed by atoms with Crippen LogP contribution in [-0.2, 0) is 5.54 Å². The standard InChI is InChI=1S/C11H13ClFN/c1-10(2)6-11(10,14)8-5-7(13)3-4-9(8)12/h3-5H,6,14H2,1-2H3. The van der Waals surface area contributed by atoms with Gasteiger partial charge in [-0.2, -0.15) is 0 Å². The van der Waals surface area contributed by atoms with Crippen molar-refractivity contribution in [1.29, 1.82) is 0 Å². The lowest BCUT2D eigenvalue weighted by molar-refractivity contribution is 0.506. The quantitative estimate of drug-likeness (QED) is 0.763. The minimum absolute atomic E-state index is 0.0183. The van der Waals surface area contributed by atoms with E-state index >= 15 is 0 Å². The van der Waals surface area contributed by atoms with E-state index in [0.29, 0.717) is 5.02 Å². The third-order valence-corrected chi connectivity index (χ3v) is 3.54. The van der Waals surface area contributed by atoms with Crippen LogP contribution in [-0.4, -0.2) is 0 Å². The molecule has 1 atom stereocenters. The van der Waals surface area contributed by atoms with Crippen molar-refractivity contribution in [1.82, 2.24) is 0 Å². The third kappa shape index (κ3) is 1.25. The summed E-state index contributed by atoms with van der Waals surface area (Å²) in [6, 6.07) is 4.36. The first kappa shape index (κ1) is 9.94. The van der Waals surface area contributed by atoms with E-state index in [0.717, 1.165) is 12.0 Å². The van der Waals surface area contributed by atoms with Crippen molar-refractivity contribution in [2.75, 3.05) is 0 Å². The van der Waals surface area contributed by atoms with Gasteiger partial charge in [-0.15, -0.1) is 0 Å². The molecule has 1 unspecified atom stereocenters. The SMILES string of the molecule is CC1(C)CC1(N)c1cc(F)ccc1Cl. The number of hydrogen-bond acceptors (Lipinski definition) is 1. The van der Waals surface area contributed by atoms with E-state index in [4.69, 9.17) is 17.3 Å². The molecule has 76 valence electrons. The summed E-state index contributed by atoms with van der Waals surface area (Å²) >= 11 is 6.00. The topological polar surface area (TPSA) is 26.0 Å². The van der Waals surface area contributed by atoms with E-state index in [2.05, 4.69) is 13.8 Å². The normalized spacial score (nSPS) is 28.9. The number of nitrogens with two attached hydrogens (primary N) is 1. The maximum atomic E-state index is 13.0. The number of rotatable bonds is 1. The predicted octanol–water partition coefficient (Wildman–Crippen LogP) is 3.06. The molecule has 1 aliphatic rings. The molecule has 1 aliphatic carbocycles. The highest BCUT2D eigenvalue weighted by Gasteiger charge is 2.60. The van der Waals surface area contributed by atoms with E-state index in [1.807, 2.05) is 0 Å². The average molecular weight is 214 g/mol. The minimum Gasteiger partial charge on any atom is -0.321 e. The summed E-state index contributed by atoms with van der Waals surface area (Å²) in [6.07, 6.45) is 0.850. The van der Waals surface area contributed by atoms with Gasteiger partial charge in [-0.25, -0.2) is 4.39 Å². The first-order valence-electron chi connectivity index (χ1n) is 4.61. The van der Waals surface area contributed by atoms with Crippen LogP contribution in [0.25, 0.3) is 0 Å². The van der Waals surface area contributed by atoms with Crippen LogP contribution in [0.5, 0.6) is 0 Å². The maximum Gasteiger partial charge on any atom is 0.123 e. The third-order valence-electron chi connectivity index (χ3n) is 3.21. The van der Waals surface area contributed by atoms with Crippen molar-refractivity contribution in [3.8, 4) is 0 Å². The molecule has 0 bridgehead atoms. The lowest BCUT2D eigenvalue weighted by Crippen LogP contribution is -2.26. The van der Waals surface area contributed by atoms with Crippen molar-refractivity contribution >= 4 is 11.6 Å². The molecule has 0 aliphatic heterocycles. The lowest BCUT2D eigenvalue weighted by atomic mass is 9.97. The molecule has 0 radical (unpaired) electrons. The van der Waals surface area contributed by atoms with Crippen LogP contribution < -0.4 is 5.73 Å². The van der Waals surface area contributed by atoms with Crippen LogP contribution in [0.1, 0.15) is 25.8 Å². The van der Waals surface area contributed by atoms with Gasteiger partial charge in [-0.1, -0.05) is 25.4 Å². The summed E-state index contributed by atoms with van der Waals surface area (Å²) in [6.45, 7) is 4.13. The van der Waals surface area contributed by atoms with Gasteiger partial charge < -0.3 is 5.73 Å². The Kier molecular flexibility index (Phi) is 1.92. The summed E-state index contributed by atoms with van der Waals surface area (Å²) in [7, 11) is 0. The Morgan fingerprint density at radius 1 is 1.43 bits per heavy atom. The highest BCUT2D eigenvalue weighted by atomic mass is 35.5. The molecule has 1 aromatic carbocycles. The molecule has 1 aromatic rings. The number of halogens is 2. The molecule has 14 heavy (non-hydrogen) atoms. The first-order chi connectivity index (χ1) is 6.37. The van der Waals surface area contributed by atoms with Gasteiger partial charge in [0.05, 0.1) is 0 Å². The molecular weight excluding hydrogens is 201 g/mol. The van der Waals surface area contributed by atoms with Crippen molar-refractivity contribution in [3.05, 3.63) is 34.6 Å². The Labute approximate surface area is 88.1 Å². The number of benzene rings is 1. The van der Waals surface area contributed by atoms with Gasteiger partial charge in [0.2, 0.25) is 0 Å². The highest BCUT2D eigenvalue weighted by Crippen LogP contribution is 2.61. The zero-order valence-corrected chi connectivity index (χ0v) is 9.03. The fourth-order valence-corrected chi connectivity index (χ4v) is 2.24. The second-order valence-electron chi connectivity index (χ2n) is 4.66. The van der Waals surface area contributed by atoms with Crippen LogP contribution in [0.15, 0.2) is 18.2 Å². The van der Waals surface area contributed by atoms with Crippen LogP contribution >= 0.6 is 11.6 Å². The average Bonchev–Trinajstić information content (AvgIpc) is 2.58. The van der Waals surface area contributed by atoms with Gasteiger partial charge in [-0.05, 0) is 35.6 Å². The summed E-state index contributed by atoms with van der Waals surface area (Å²) in [5.41, 5.74) is 6.46. The fraction of sp³-hybridized carbons (Fsp3) is 0.455. The molecular formula is C11H13ClFN. The molecule has 1 saturated carbocycles. The highest BCUT2D eigenvalue weighted by molar-refractivity contribution is 6.31. The summed E-state index contributed by atoms with van der Waals surface area (Å²) < 4.78 is 13.0. The van der Waals surface area contributed by atoms with Gasteiger partial charge in [0.25, 0.3) is 0 Å². The van der Waals surface area contributed by atoms with Crippen LogP contribution in [0, 0.1) is 11.2 Å². The Bertz CT molecular complexity index is 389. The van der Waals surface area contributed by atoms with Crippen molar-refractivity contribution in [3.63, 3.8) is 0 Å². The molecule has 1 nitrogen and oxygen atoms in total. The van der Waals surface area contributed by atoms with Gasteiger partial charge in [0.15, 0.2) is 0 Å². The summed E-state index contributed by atoms with van der Waals surface area (Å²) in [4.78, 5) is 0. The molecule has 0 heterocycles. The van der Waals surface area contributed by atoms with E-state index < -0.39 is 5.54 Å². The van der Waals surface area contributed by atoms with E-state index in [1.54, 1.807) is 6.07 Å².